The van der Waals surface area contributed by atoms with Crippen LogP contribution in [0, 0.1) is 17.0 Å². The lowest BCUT2D eigenvalue weighted by Gasteiger charge is -2.34. The topological polar surface area (TPSA) is 58.4 Å². The summed E-state index contributed by atoms with van der Waals surface area (Å²) >= 11 is 0. The van der Waals surface area contributed by atoms with Crippen LogP contribution in [-0.4, -0.2) is 35.5 Å². The number of halogens is 1. The van der Waals surface area contributed by atoms with Crippen molar-refractivity contribution in [1.82, 2.24) is 10.2 Å². The number of piperazine rings is 1. The maximum Gasteiger partial charge on any atom is 0.272 e. The van der Waals surface area contributed by atoms with E-state index in [0.29, 0.717) is 6.04 Å². The Bertz CT molecular complexity index is 454. The number of benzene rings is 1. The summed E-state index contributed by atoms with van der Waals surface area (Å²) in [7, 11) is 0. The first-order chi connectivity index (χ1) is 8.59. The molecule has 1 N–H and O–H groups in total. The van der Waals surface area contributed by atoms with Gasteiger partial charge in [0.15, 0.2) is 0 Å². The molecular weight excluding hydrogens is 266 g/mol. The number of hydrogen-bond donors (Lipinski definition) is 1. The van der Waals surface area contributed by atoms with Gasteiger partial charge in [0.25, 0.3) is 5.69 Å². The zero-order valence-corrected chi connectivity index (χ0v) is 12.1. The maximum atomic E-state index is 10.9. The van der Waals surface area contributed by atoms with E-state index in [1.807, 2.05) is 13.0 Å². The fraction of sp³-hybridized carbons (Fsp3) is 0.538. The van der Waals surface area contributed by atoms with Gasteiger partial charge in [-0.05, 0) is 19.4 Å². The number of hydrogen-bond acceptors (Lipinski definition) is 4. The molecule has 1 saturated heterocycles. The average molecular weight is 286 g/mol. The Labute approximate surface area is 119 Å². The van der Waals surface area contributed by atoms with Crippen LogP contribution in [0.2, 0.25) is 0 Å². The van der Waals surface area contributed by atoms with Gasteiger partial charge < -0.3 is 5.32 Å². The van der Waals surface area contributed by atoms with Crippen molar-refractivity contribution in [3.05, 3.63) is 39.4 Å². The third-order valence-electron chi connectivity index (χ3n) is 3.63. The Balaban J connectivity index is 0.00000180. The quantitative estimate of drug-likeness (QED) is 0.683. The van der Waals surface area contributed by atoms with Crippen LogP contribution in [0.1, 0.15) is 18.1 Å². The molecule has 1 aromatic carbocycles. The largest absolute Gasteiger partial charge is 0.314 e. The normalized spacial score (nSPS) is 19.8. The second-order valence-electron chi connectivity index (χ2n) is 4.84. The third kappa shape index (κ3) is 3.65. The summed E-state index contributed by atoms with van der Waals surface area (Å²) < 4.78 is 0. The van der Waals surface area contributed by atoms with Gasteiger partial charge in [0.2, 0.25) is 0 Å². The molecule has 0 unspecified atom stereocenters. The fourth-order valence-electron chi connectivity index (χ4n) is 2.38. The first-order valence-corrected chi connectivity index (χ1v) is 6.27. The highest BCUT2D eigenvalue weighted by Crippen LogP contribution is 2.23. The van der Waals surface area contributed by atoms with Crippen molar-refractivity contribution < 1.29 is 4.92 Å². The Morgan fingerprint density at radius 3 is 2.89 bits per heavy atom. The molecule has 1 aliphatic heterocycles. The molecule has 0 bridgehead atoms. The molecular formula is C13H20ClN3O2. The molecule has 2 rings (SSSR count). The molecule has 1 fully saturated rings. The van der Waals surface area contributed by atoms with Gasteiger partial charge in [0.05, 0.1) is 4.92 Å². The lowest BCUT2D eigenvalue weighted by atomic mass is 10.1. The van der Waals surface area contributed by atoms with Gasteiger partial charge in [-0.3, -0.25) is 15.0 Å². The van der Waals surface area contributed by atoms with Gasteiger partial charge in [-0.2, -0.15) is 0 Å². The van der Waals surface area contributed by atoms with E-state index in [2.05, 4.69) is 17.1 Å². The summed E-state index contributed by atoms with van der Waals surface area (Å²) in [6.07, 6.45) is 0. The standard InChI is InChI=1S/C13H19N3O2.ClH/c1-10-8-14-6-7-15(10)9-12-4-3-5-13(11(12)2)16(17)18;/h3-5,10,14H,6-9H2,1-2H3;1H/t10-;/m0./s1. The number of rotatable bonds is 3. The van der Waals surface area contributed by atoms with Crippen LogP contribution >= 0.6 is 12.4 Å². The van der Waals surface area contributed by atoms with Crippen LogP contribution < -0.4 is 5.32 Å². The Hall–Kier alpha value is -1.17. The fourth-order valence-corrected chi connectivity index (χ4v) is 2.38. The average Bonchev–Trinajstić information content (AvgIpc) is 2.34. The highest BCUT2D eigenvalue weighted by molar-refractivity contribution is 5.85. The second kappa shape index (κ2) is 6.84. The Morgan fingerprint density at radius 2 is 2.26 bits per heavy atom. The van der Waals surface area contributed by atoms with Crippen molar-refractivity contribution in [3.63, 3.8) is 0 Å². The Kier molecular flexibility index (Phi) is 5.72. The summed E-state index contributed by atoms with van der Waals surface area (Å²) in [6, 6.07) is 5.79. The minimum Gasteiger partial charge on any atom is -0.314 e. The number of nitrogens with zero attached hydrogens (tertiary/aromatic N) is 2. The van der Waals surface area contributed by atoms with Crippen LogP contribution in [0.15, 0.2) is 18.2 Å². The Morgan fingerprint density at radius 1 is 1.53 bits per heavy atom. The first kappa shape index (κ1) is 15.9. The molecule has 0 spiro atoms. The summed E-state index contributed by atoms with van der Waals surface area (Å²) in [6.45, 7) is 7.76. The molecule has 6 heteroatoms. The van der Waals surface area contributed by atoms with Gasteiger partial charge in [-0.15, -0.1) is 12.4 Å². The SMILES string of the molecule is Cc1c(CN2CCNC[C@@H]2C)cccc1[N+](=O)[O-].Cl. The van der Waals surface area contributed by atoms with Crippen molar-refractivity contribution in [2.24, 2.45) is 0 Å². The van der Waals surface area contributed by atoms with E-state index in [9.17, 15) is 10.1 Å². The summed E-state index contributed by atoms with van der Waals surface area (Å²) in [5.74, 6) is 0. The van der Waals surface area contributed by atoms with Gasteiger partial charge in [-0.25, -0.2) is 0 Å². The molecule has 0 saturated carbocycles. The second-order valence-corrected chi connectivity index (χ2v) is 4.84. The number of nitrogens with one attached hydrogen (secondary N) is 1. The smallest absolute Gasteiger partial charge is 0.272 e. The summed E-state index contributed by atoms with van der Waals surface area (Å²) in [4.78, 5) is 13.0. The van der Waals surface area contributed by atoms with Crippen molar-refractivity contribution in [2.75, 3.05) is 19.6 Å². The molecule has 5 nitrogen and oxygen atoms in total. The molecule has 1 aromatic rings. The van der Waals surface area contributed by atoms with E-state index < -0.39 is 0 Å². The van der Waals surface area contributed by atoms with Crippen LogP contribution in [0.4, 0.5) is 5.69 Å². The van der Waals surface area contributed by atoms with Gasteiger partial charge in [-0.1, -0.05) is 12.1 Å². The zero-order valence-electron chi connectivity index (χ0n) is 11.3. The van der Waals surface area contributed by atoms with Gasteiger partial charge in [0.1, 0.15) is 0 Å². The predicted octanol–water partition coefficient (Wildman–Crippen LogP) is 2.12. The summed E-state index contributed by atoms with van der Waals surface area (Å²) in [5, 5.41) is 14.3. The molecule has 19 heavy (non-hydrogen) atoms. The molecule has 0 aromatic heterocycles. The lowest BCUT2D eigenvalue weighted by Crippen LogP contribution is -2.49. The number of nitro groups is 1. The van der Waals surface area contributed by atoms with Crippen molar-refractivity contribution in [3.8, 4) is 0 Å². The highest BCUT2D eigenvalue weighted by atomic mass is 35.5. The molecule has 0 aliphatic carbocycles. The number of nitro benzene ring substituents is 1. The van der Waals surface area contributed by atoms with Crippen LogP contribution in [0.3, 0.4) is 0 Å². The van der Waals surface area contributed by atoms with Crippen LogP contribution in [0.25, 0.3) is 0 Å². The molecule has 1 atom stereocenters. The zero-order chi connectivity index (χ0) is 13.1. The third-order valence-corrected chi connectivity index (χ3v) is 3.63. The maximum absolute atomic E-state index is 10.9. The first-order valence-electron chi connectivity index (χ1n) is 6.27. The van der Waals surface area contributed by atoms with Crippen LogP contribution in [0.5, 0.6) is 0 Å². The molecule has 1 heterocycles. The van der Waals surface area contributed by atoms with E-state index in [0.717, 1.165) is 37.3 Å². The van der Waals surface area contributed by atoms with E-state index in [4.69, 9.17) is 0 Å². The van der Waals surface area contributed by atoms with E-state index in [1.54, 1.807) is 12.1 Å². The van der Waals surface area contributed by atoms with Crippen molar-refractivity contribution in [1.29, 1.82) is 0 Å². The monoisotopic (exact) mass is 285 g/mol. The van der Waals surface area contributed by atoms with Crippen molar-refractivity contribution >= 4 is 18.1 Å². The predicted molar refractivity (Wildman–Crippen MR) is 77.8 cm³/mol. The molecule has 0 radical (unpaired) electrons. The highest BCUT2D eigenvalue weighted by Gasteiger charge is 2.20. The van der Waals surface area contributed by atoms with Crippen molar-refractivity contribution in [2.45, 2.75) is 26.4 Å². The van der Waals surface area contributed by atoms with E-state index in [-0.39, 0.29) is 23.0 Å². The van der Waals surface area contributed by atoms with E-state index in [1.165, 1.54) is 0 Å². The van der Waals surface area contributed by atoms with Gasteiger partial charge in [0, 0.05) is 43.9 Å². The summed E-state index contributed by atoms with van der Waals surface area (Å²) in [5.41, 5.74) is 2.06. The van der Waals surface area contributed by atoms with Gasteiger partial charge >= 0.3 is 0 Å². The van der Waals surface area contributed by atoms with E-state index >= 15 is 0 Å². The minimum atomic E-state index is -0.306. The van der Waals surface area contributed by atoms with Crippen LogP contribution in [-0.2, 0) is 6.54 Å². The minimum absolute atomic E-state index is 0. The molecule has 1 aliphatic rings. The molecule has 106 valence electrons. The molecule has 0 amide bonds. The lowest BCUT2D eigenvalue weighted by molar-refractivity contribution is -0.385.